The molecule has 2 unspecified atom stereocenters. The summed E-state index contributed by atoms with van der Waals surface area (Å²) in [7, 11) is 1.84. The van der Waals surface area contributed by atoms with Crippen LogP contribution in [0.3, 0.4) is 0 Å². The Bertz CT molecular complexity index is 397. The summed E-state index contributed by atoms with van der Waals surface area (Å²) in [5.41, 5.74) is 0. The van der Waals surface area contributed by atoms with Gasteiger partial charge in [0.05, 0.1) is 12.7 Å². The third-order valence-electron chi connectivity index (χ3n) is 5.21. The molecule has 2 aliphatic heterocycles. The molecular formula is C20H41IN4O2. The van der Waals surface area contributed by atoms with Crippen LogP contribution in [0, 0.1) is 5.92 Å². The topological polar surface area (TPSA) is 58.1 Å². The van der Waals surface area contributed by atoms with Crippen LogP contribution in [0.25, 0.3) is 0 Å². The van der Waals surface area contributed by atoms with Crippen LogP contribution in [0.2, 0.25) is 0 Å². The molecular weight excluding hydrogens is 455 g/mol. The Morgan fingerprint density at radius 2 is 2.00 bits per heavy atom. The van der Waals surface area contributed by atoms with Gasteiger partial charge in [0.2, 0.25) is 0 Å². The highest BCUT2D eigenvalue weighted by Crippen LogP contribution is 2.17. The Morgan fingerprint density at radius 3 is 2.63 bits per heavy atom. The first kappa shape index (κ1) is 24.9. The minimum atomic E-state index is 0. The number of nitrogens with one attached hydrogen (secondary N) is 2. The highest BCUT2D eigenvalue weighted by Gasteiger charge is 2.22. The molecule has 6 nitrogen and oxygen atoms in total. The van der Waals surface area contributed by atoms with Gasteiger partial charge in [0.25, 0.3) is 0 Å². The number of hydrogen-bond donors (Lipinski definition) is 2. The number of aliphatic imine (C=N–C) groups is 1. The lowest BCUT2D eigenvalue weighted by molar-refractivity contribution is 0.0168. The number of ether oxygens (including phenoxy) is 2. The Balaban J connectivity index is 0.00000364. The number of rotatable bonds is 11. The van der Waals surface area contributed by atoms with Crippen molar-refractivity contribution in [2.45, 2.75) is 64.5 Å². The number of likely N-dealkylation sites (tertiary alicyclic amines) is 1. The third-order valence-corrected chi connectivity index (χ3v) is 5.21. The second-order valence-electron chi connectivity index (χ2n) is 7.97. The number of hydrogen-bond acceptors (Lipinski definition) is 4. The maximum Gasteiger partial charge on any atom is 0.191 e. The normalized spacial score (nSPS) is 22.1. The lowest BCUT2D eigenvalue weighted by Crippen LogP contribution is -2.47. The molecule has 0 aromatic carbocycles. The van der Waals surface area contributed by atoms with Gasteiger partial charge in [0, 0.05) is 39.4 Å². The van der Waals surface area contributed by atoms with Gasteiger partial charge in [-0.05, 0) is 57.5 Å². The van der Waals surface area contributed by atoms with Crippen LogP contribution in [0.5, 0.6) is 0 Å². The number of guanidine groups is 1. The average Bonchev–Trinajstić information content (AvgIpc) is 3.32. The summed E-state index contributed by atoms with van der Waals surface area (Å²) >= 11 is 0. The van der Waals surface area contributed by atoms with Gasteiger partial charge in [-0.1, -0.05) is 13.8 Å². The first-order valence-electron chi connectivity index (χ1n) is 10.6. The van der Waals surface area contributed by atoms with E-state index in [1.54, 1.807) is 0 Å². The molecule has 2 aliphatic rings. The molecule has 160 valence electrons. The minimum Gasteiger partial charge on any atom is -0.379 e. The molecule has 2 fully saturated rings. The van der Waals surface area contributed by atoms with Crippen LogP contribution in [-0.2, 0) is 9.47 Å². The molecule has 2 rings (SSSR count). The molecule has 0 saturated carbocycles. The van der Waals surface area contributed by atoms with Crippen molar-refractivity contribution in [3.8, 4) is 0 Å². The van der Waals surface area contributed by atoms with E-state index in [-0.39, 0.29) is 24.0 Å². The molecule has 2 atom stereocenters. The molecule has 0 spiro atoms. The average molecular weight is 496 g/mol. The van der Waals surface area contributed by atoms with Crippen molar-refractivity contribution in [2.75, 3.05) is 53.0 Å². The summed E-state index contributed by atoms with van der Waals surface area (Å²) in [6.45, 7) is 11.4. The van der Waals surface area contributed by atoms with Crippen molar-refractivity contribution >= 4 is 29.9 Å². The largest absolute Gasteiger partial charge is 0.379 e. The lowest BCUT2D eigenvalue weighted by Gasteiger charge is -2.29. The van der Waals surface area contributed by atoms with Crippen molar-refractivity contribution in [1.82, 2.24) is 15.5 Å². The summed E-state index contributed by atoms with van der Waals surface area (Å²) in [6.07, 6.45) is 7.54. The molecule has 0 bridgehead atoms. The van der Waals surface area contributed by atoms with E-state index in [2.05, 4.69) is 34.4 Å². The summed E-state index contributed by atoms with van der Waals surface area (Å²) in [4.78, 5) is 7.00. The molecule has 0 aromatic rings. The summed E-state index contributed by atoms with van der Waals surface area (Å²) in [6, 6.07) is 0.603. The third kappa shape index (κ3) is 10.3. The molecule has 0 aromatic heterocycles. The van der Waals surface area contributed by atoms with E-state index in [0.717, 1.165) is 57.6 Å². The molecule has 7 heteroatoms. The summed E-state index contributed by atoms with van der Waals surface area (Å²) < 4.78 is 11.3. The predicted molar refractivity (Wildman–Crippen MR) is 123 cm³/mol. The maximum absolute atomic E-state index is 5.71. The van der Waals surface area contributed by atoms with E-state index in [0.29, 0.717) is 12.1 Å². The molecule has 2 heterocycles. The van der Waals surface area contributed by atoms with Crippen molar-refractivity contribution in [3.63, 3.8) is 0 Å². The van der Waals surface area contributed by atoms with Gasteiger partial charge in [0.1, 0.15) is 0 Å². The van der Waals surface area contributed by atoms with Gasteiger partial charge in [-0.2, -0.15) is 0 Å². The SMILES string of the molecule is CN=C(NCCCOCC1CCCO1)NCC(CC(C)C)N1CCCC1.I. The van der Waals surface area contributed by atoms with Gasteiger partial charge < -0.3 is 20.1 Å². The lowest BCUT2D eigenvalue weighted by atomic mass is 10.0. The van der Waals surface area contributed by atoms with E-state index in [9.17, 15) is 0 Å². The van der Waals surface area contributed by atoms with E-state index < -0.39 is 0 Å². The Hall–Kier alpha value is -0.120. The first-order chi connectivity index (χ1) is 12.7. The molecule has 0 radical (unpaired) electrons. The summed E-state index contributed by atoms with van der Waals surface area (Å²) in [5.74, 6) is 1.62. The smallest absolute Gasteiger partial charge is 0.191 e. The fraction of sp³-hybridized carbons (Fsp3) is 0.950. The second kappa shape index (κ2) is 14.8. The Labute approximate surface area is 183 Å². The van der Waals surface area contributed by atoms with Crippen LogP contribution in [0.1, 0.15) is 52.4 Å². The fourth-order valence-electron chi connectivity index (χ4n) is 3.82. The zero-order valence-electron chi connectivity index (χ0n) is 17.5. The van der Waals surface area contributed by atoms with Crippen LogP contribution in [0.15, 0.2) is 4.99 Å². The van der Waals surface area contributed by atoms with E-state index >= 15 is 0 Å². The van der Waals surface area contributed by atoms with Crippen LogP contribution < -0.4 is 10.6 Å². The first-order valence-corrected chi connectivity index (χ1v) is 10.6. The van der Waals surface area contributed by atoms with Crippen LogP contribution in [0.4, 0.5) is 0 Å². The standard InChI is InChI=1S/C20H40N4O2.HI/c1-17(2)14-18(24-10-4-5-11-24)15-23-20(21-3)22-9-7-12-25-16-19-8-6-13-26-19;/h17-19H,4-16H2,1-3H3,(H2,21,22,23);1H. The van der Waals surface area contributed by atoms with Crippen molar-refractivity contribution in [3.05, 3.63) is 0 Å². The molecule has 2 N–H and O–H groups in total. The number of nitrogens with zero attached hydrogens (tertiary/aromatic N) is 2. The van der Waals surface area contributed by atoms with Gasteiger partial charge in [-0.15, -0.1) is 24.0 Å². The molecule has 0 aliphatic carbocycles. The fourth-order valence-corrected chi connectivity index (χ4v) is 3.82. The maximum atomic E-state index is 5.71. The highest BCUT2D eigenvalue weighted by molar-refractivity contribution is 14.0. The highest BCUT2D eigenvalue weighted by atomic mass is 127. The van der Waals surface area contributed by atoms with Crippen LogP contribution in [-0.4, -0.2) is 76.1 Å². The Kier molecular flexibility index (Phi) is 13.7. The summed E-state index contributed by atoms with van der Waals surface area (Å²) in [5, 5.41) is 6.93. The van der Waals surface area contributed by atoms with E-state index in [1.807, 2.05) is 7.05 Å². The Morgan fingerprint density at radius 1 is 1.22 bits per heavy atom. The van der Waals surface area contributed by atoms with Crippen molar-refractivity contribution in [2.24, 2.45) is 10.9 Å². The zero-order chi connectivity index (χ0) is 18.6. The molecule has 2 saturated heterocycles. The quantitative estimate of drug-likeness (QED) is 0.200. The van der Waals surface area contributed by atoms with Gasteiger partial charge in [0.15, 0.2) is 5.96 Å². The van der Waals surface area contributed by atoms with Gasteiger partial charge >= 0.3 is 0 Å². The molecule has 27 heavy (non-hydrogen) atoms. The van der Waals surface area contributed by atoms with Crippen molar-refractivity contribution in [1.29, 1.82) is 0 Å². The minimum absolute atomic E-state index is 0. The van der Waals surface area contributed by atoms with E-state index in [1.165, 1.54) is 38.8 Å². The van der Waals surface area contributed by atoms with Crippen LogP contribution >= 0.6 is 24.0 Å². The van der Waals surface area contributed by atoms with E-state index in [4.69, 9.17) is 9.47 Å². The second-order valence-corrected chi connectivity index (χ2v) is 7.97. The van der Waals surface area contributed by atoms with Gasteiger partial charge in [-0.3, -0.25) is 9.89 Å². The number of halogens is 1. The van der Waals surface area contributed by atoms with Crippen molar-refractivity contribution < 1.29 is 9.47 Å². The monoisotopic (exact) mass is 496 g/mol. The molecule has 0 amide bonds. The zero-order valence-corrected chi connectivity index (χ0v) is 19.9. The predicted octanol–water partition coefficient (Wildman–Crippen LogP) is 2.87. The van der Waals surface area contributed by atoms with Gasteiger partial charge in [-0.25, -0.2) is 0 Å².